The molecule has 0 amide bonds. The van der Waals surface area contributed by atoms with E-state index in [1.165, 1.54) is 116 Å². The molecule has 498 valence electrons. The molecule has 3 N–H and O–H groups in total. The molecule has 0 rings (SSSR count). The number of ether oxygens (including phenoxy) is 4. The predicted molar refractivity (Wildman–Crippen MR) is 335 cm³/mol. The number of phosphoric ester groups is 2. The number of hydrogen-bond donors (Lipinski definition) is 3. The third-order valence-corrected chi connectivity index (χ3v) is 16.9. The van der Waals surface area contributed by atoms with E-state index in [1.807, 2.05) is 0 Å². The number of hydrogen-bond acceptors (Lipinski definition) is 15. The van der Waals surface area contributed by atoms with E-state index in [9.17, 15) is 43.2 Å². The Morgan fingerprint density at radius 3 is 0.810 bits per heavy atom. The highest BCUT2D eigenvalue weighted by Crippen LogP contribution is 2.45. The van der Waals surface area contributed by atoms with Crippen LogP contribution in [-0.4, -0.2) is 96.7 Å². The zero-order valence-corrected chi connectivity index (χ0v) is 56.0. The molecule has 2 unspecified atom stereocenters. The van der Waals surface area contributed by atoms with Crippen molar-refractivity contribution in [3.63, 3.8) is 0 Å². The number of phosphoric acid groups is 2. The van der Waals surface area contributed by atoms with Crippen molar-refractivity contribution in [2.24, 2.45) is 11.8 Å². The number of aliphatic hydroxyl groups is 1. The second-order valence-electron chi connectivity index (χ2n) is 24.5. The van der Waals surface area contributed by atoms with E-state index >= 15 is 0 Å². The molecule has 84 heavy (non-hydrogen) atoms. The molecule has 0 spiro atoms. The molecule has 0 saturated heterocycles. The van der Waals surface area contributed by atoms with Crippen LogP contribution in [0.1, 0.15) is 324 Å². The van der Waals surface area contributed by atoms with Crippen molar-refractivity contribution in [2.45, 2.75) is 342 Å². The van der Waals surface area contributed by atoms with Crippen molar-refractivity contribution in [1.82, 2.24) is 0 Å². The minimum atomic E-state index is -4.94. The topological polar surface area (TPSA) is 237 Å². The molecule has 19 heteroatoms. The molecule has 0 bridgehead atoms. The average Bonchev–Trinajstić information content (AvgIpc) is 3.48. The number of rotatable bonds is 64. The van der Waals surface area contributed by atoms with Crippen molar-refractivity contribution >= 4 is 39.5 Å². The zero-order valence-electron chi connectivity index (χ0n) is 54.2. The highest BCUT2D eigenvalue weighted by molar-refractivity contribution is 7.47. The lowest BCUT2D eigenvalue weighted by Crippen LogP contribution is -2.30. The van der Waals surface area contributed by atoms with Gasteiger partial charge in [0.1, 0.15) is 19.3 Å². The molecule has 0 heterocycles. The van der Waals surface area contributed by atoms with E-state index in [-0.39, 0.29) is 25.7 Å². The lowest BCUT2D eigenvalue weighted by Gasteiger charge is -2.21. The summed E-state index contributed by atoms with van der Waals surface area (Å²) in [6.45, 7) is 9.41. The Kier molecular flexibility index (Phi) is 56.2. The van der Waals surface area contributed by atoms with Crippen LogP contribution in [0.15, 0.2) is 0 Å². The fraction of sp³-hybridized carbons (Fsp3) is 0.938. The molecule has 0 aliphatic heterocycles. The maximum atomic E-state index is 13.0. The Labute approximate surface area is 511 Å². The highest BCUT2D eigenvalue weighted by Gasteiger charge is 2.30. The van der Waals surface area contributed by atoms with Gasteiger partial charge >= 0.3 is 39.5 Å². The van der Waals surface area contributed by atoms with Crippen LogP contribution in [0.3, 0.4) is 0 Å². The molecular weight excluding hydrogens is 1110 g/mol. The number of carbonyl (C=O) groups is 4. The number of carbonyl (C=O) groups excluding carboxylic acids is 4. The zero-order chi connectivity index (χ0) is 62.2. The second kappa shape index (κ2) is 57.5. The quantitative estimate of drug-likeness (QED) is 0.0222. The van der Waals surface area contributed by atoms with Gasteiger partial charge in [0.2, 0.25) is 0 Å². The summed E-state index contributed by atoms with van der Waals surface area (Å²) >= 11 is 0. The lowest BCUT2D eigenvalue weighted by atomic mass is 10.0. The summed E-state index contributed by atoms with van der Waals surface area (Å²) in [6, 6.07) is 0. The minimum absolute atomic E-state index is 0.103. The smallest absolute Gasteiger partial charge is 0.462 e. The van der Waals surface area contributed by atoms with Crippen LogP contribution in [-0.2, 0) is 65.4 Å². The first kappa shape index (κ1) is 82.1. The predicted octanol–water partition coefficient (Wildman–Crippen LogP) is 18.0. The normalized spacial score (nSPS) is 14.3. The van der Waals surface area contributed by atoms with E-state index in [2.05, 4.69) is 41.5 Å². The first-order valence-corrected chi connectivity index (χ1v) is 37.0. The van der Waals surface area contributed by atoms with Crippen molar-refractivity contribution in [3.05, 3.63) is 0 Å². The monoisotopic (exact) mass is 1240 g/mol. The Morgan fingerprint density at radius 1 is 0.321 bits per heavy atom. The second-order valence-corrected chi connectivity index (χ2v) is 27.4. The summed E-state index contributed by atoms with van der Waals surface area (Å²) in [5.41, 5.74) is 0. The van der Waals surface area contributed by atoms with Gasteiger partial charge in [0.15, 0.2) is 12.2 Å². The Bertz CT molecular complexity index is 1650. The summed E-state index contributed by atoms with van der Waals surface area (Å²) in [6.07, 6.45) is 40.7. The molecule has 0 radical (unpaired) electrons. The van der Waals surface area contributed by atoms with Crippen LogP contribution >= 0.6 is 15.6 Å². The van der Waals surface area contributed by atoms with E-state index in [1.54, 1.807) is 0 Å². The largest absolute Gasteiger partial charge is 0.472 e. The van der Waals surface area contributed by atoms with Crippen LogP contribution in [0.4, 0.5) is 0 Å². The minimum Gasteiger partial charge on any atom is -0.462 e. The van der Waals surface area contributed by atoms with Gasteiger partial charge in [-0.25, -0.2) is 9.13 Å². The molecule has 0 saturated carbocycles. The fourth-order valence-electron chi connectivity index (χ4n) is 9.71. The van der Waals surface area contributed by atoms with E-state index in [4.69, 9.17) is 37.0 Å². The molecule has 0 aliphatic rings. The van der Waals surface area contributed by atoms with Crippen LogP contribution in [0.2, 0.25) is 0 Å². The summed E-state index contributed by atoms with van der Waals surface area (Å²) in [5, 5.41) is 10.5. The van der Waals surface area contributed by atoms with Gasteiger partial charge in [-0.2, -0.15) is 0 Å². The SMILES string of the molecule is CCCCCCCCCC(=O)OC[C@H](COP(=O)(O)OC[C@H](O)COP(=O)(O)OC[C@@H](COC(=O)CCCCCCCCCCC(C)C)OC(=O)CCCCCCCCCCCCCCCCCCC(C)C)OC(=O)CCCCCCCCC. The van der Waals surface area contributed by atoms with Crippen LogP contribution in [0, 0.1) is 11.8 Å². The summed E-state index contributed by atoms with van der Waals surface area (Å²) < 4.78 is 67.8. The van der Waals surface area contributed by atoms with Crippen molar-refractivity contribution in [2.75, 3.05) is 39.6 Å². The first-order chi connectivity index (χ1) is 40.4. The van der Waals surface area contributed by atoms with Gasteiger partial charge in [0.05, 0.1) is 26.4 Å². The van der Waals surface area contributed by atoms with Crippen molar-refractivity contribution in [1.29, 1.82) is 0 Å². The van der Waals surface area contributed by atoms with E-state index < -0.39 is 97.5 Å². The molecule has 0 fully saturated rings. The van der Waals surface area contributed by atoms with Gasteiger partial charge in [-0.15, -0.1) is 0 Å². The Hall–Kier alpha value is -1.94. The number of aliphatic hydroxyl groups excluding tert-OH is 1. The molecule has 5 atom stereocenters. The van der Waals surface area contributed by atoms with Gasteiger partial charge in [0.25, 0.3) is 0 Å². The van der Waals surface area contributed by atoms with Crippen molar-refractivity contribution in [3.8, 4) is 0 Å². The molecular formula is C65H126O17P2. The van der Waals surface area contributed by atoms with Crippen LogP contribution in [0.5, 0.6) is 0 Å². The molecule has 0 aliphatic carbocycles. The average molecular weight is 1240 g/mol. The maximum Gasteiger partial charge on any atom is 0.472 e. The third-order valence-electron chi connectivity index (χ3n) is 15.0. The Morgan fingerprint density at radius 2 is 0.548 bits per heavy atom. The lowest BCUT2D eigenvalue weighted by molar-refractivity contribution is -0.161. The van der Waals surface area contributed by atoms with Gasteiger partial charge in [-0.1, -0.05) is 273 Å². The van der Waals surface area contributed by atoms with Gasteiger partial charge in [-0.3, -0.25) is 37.3 Å². The number of esters is 4. The van der Waals surface area contributed by atoms with Crippen LogP contribution in [0.25, 0.3) is 0 Å². The maximum absolute atomic E-state index is 13.0. The molecule has 17 nitrogen and oxygen atoms in total. The van der Waals surface area contributed by atoms with Crippen LogP contribution < -0.4 is 0 Å². The highest BCUT2D eigenvalue weighted by atomic mass is 31.2. The van der Waals surface area contributed by atoms with Gasteiger partial charge in [-0.05, 0) is 37.5 Å². The summed E-state index contributed by atoms with van der Waals surface area (Å²) in [5.74, 6) is -0.606. The van der Waals surface area contributed by atoms with E-state index in [0.29, 0.717) is 25.7 Å². The van der Waals surface area contributed by atoms with E-state index in [0.717, 1.165) is 127 Å². The Balaban J connectivity index is 5.13. The summed E-state index contributed by atoms with van der Waals surface area (Å²) in [7, 11) is -9.88. The molecule has 0 aromatic heterocycles. The fourth-order valence-corrected chi connectivity index (χ4v) is 11.3. The standard InChI is InChI=1S/C65H126O17P2/c1-7-9-11-13-27-35-41-47-62(67)75-53-60(81-64(69)49-43-37-28-14-12-10-8-2)55-79-83(71,72)77-51-59(66)52-78-84(73,74)80-56-61(54-76-63(68)48-42-36-31-26-25-30-34-40-46-58(5)6)82-65(70)50-44-38-32-24-22-20-18-16-15-17-19-21-23-29-33-39-45-57(3)4/h57-61,66H,7-56H2,1-6H3,(H,71,72)(H,73,74)/t59-,60+,61+/m0/s1. The van der Waals surface area contributed by atoms with Gasteiger partial charge in [0, 0.05) is 25.7 Å². The number of unbranched alkanes of at least 4 members (excludes halogenated alkanes) is 34. The van der Waals surface area contributed by atoms with Gasteiger partial charge < -0.3 is 33.8 Å². The summed E-state index contributed by atoms with van der Waals surface area (Å²) in [4.78, 5) is 72.0. The molecule has 0 aromatic rings. The van der Waals surface area contributed by atoms with Crippen molar-refractivity contribution < 1.29 is 80.2 Å². The third kappa shape index (κ3) is 59.0. The molecule has 0 aromatic carbocycles. The first-order valence-electron chi connectivity index (χ1n) is 34.0.